The second-order valence-corrected chi connectivity index (χ2v) is 7.53. The van der Waals surface area contributed by atoms with E-state index >= 15 is 0 Å². The van der Waals surface area contributed by atoms with Gasteiger partial charge in [-0.1, -0.05) is 18.2 Å². The summed E-state index contributed by atoms with van der Waals surface area (Å²) in [5, 5.41) is 10.6. The maximum absolute atomic E-state index is 4.93. The lowest BCUT2D eigenvalue weighted by atomic mass is 10.0. The van der Waals surface area contributed by atoms with Crippen LogP contribution in [-0.2, 0) is 0 Å². The molecule has 1 aliphatic rings. The molecule has 0 spiro atoms. The van der Waals surface area contributed by atoms with E-state index in [0.717, 1.165) is 60.7 Å². The molecular weight excluding hydrogens is 350 g/mol. The summed E-state index contributed by atoms with van der Waals surface area (Å²) in [6.45, 7) is 10.2. The standard InChI is InChI=1S/C21H27N7/c1-14-6-5-7-17(16(14)3)21-23-18(22-19-12-15(2)25-26-19)13-20(24-21)28-10-8-27(4)9-11-28/h5-7,12-13H,8-11H2,1-4H3,(H2,22,23,24,25,26). The van der Waals surface area contributed by atoms with Gasteiger partial charge in [0, 0.05) is 49.6 Å². The molecule has 3 aromatic rings. The number of nitrogens with one attached hydrogen (secondary N) is 2. The number of likely N-dealkylation sites (N-methyl/N-ethyl adjacent to an activating group) is 1. The second kappa shape index (κ2) is 7.59. The van der Waals surface area contributed by atoms with Gasteiger partial charge >= 0.3 is 0 Å². The second-order valence-electron chi connectivity index (χ2n) is 7.53. The molecule has 0 aliphatic carbocycles. The van der Waals surface area contributed by atoms with Crippen molar-refractivity contribution in [2.75, 3.05) is 43.4 Å². The molecule has 0 radical (unpaired) electrons. The highest BCUT2D eigenvalue weighted by atomic mass is 15.3. The van der Waals surface area contributed by atoms with Crippen LogP contribution < -0.4 is 10.2 Å². The minimum atomic E-state index is 0.743. The van der Waals surface area contributed by atoms with Gasteiger partial charge < -0.3 is 15.1 Å². The minimum absolute atomic E-state index is 0.743. The van der Waals surface area contributed by atoms with Gasteiger partial charge in [0.05, 0.1) is 0 Å². The van der Waals surface area contributed by atoms with Crippen molar-refractivity contribution in [3.63, 3.8) is 0 Å². The molecule has 1 aromatic carbocycles. The summed E-state index contributed by atoms with van der Waals surface area (Å²) in [6.07, 6.45) is 0. The molecule has 3 heterocycles. The Morgan fingerprint density at radius 2 is 1.75 bits per heavy atom. The van der Waals surface area contributed by atoms with Crippen molar-refractivity contribution in [2.45, 2.75) is 20.8 Å². The van der Waals surface area contributed by atoms with Gasteiger partial charge in [-0.05, 0) is 38.9 Å². The number of hydrogen-bond acceptors (Lipinski definition) is 6. The zero-order valence-corrected chi connectivity index (χ0v) is 17.0. The first-order chi connectivity index (χ1) is 13.5. The highest BCUT2D eigenvalue weighted by Crippen LogP contribution is 2.28. The molecule has 7 nitrogen and oxygen atoms in total. The summed E-state index contributed by atoms with van der Waals surface area (Å²) in [5.41, 5.74) is 4.52. The van der Waals surface area contributed by atoms with Gasteiger partial charge in [0.2, 0.25) is 0 Å². The molecule has 1 fully saturated rings. The van der Waals surface area contributed by atoms with Crippen molar-refractivity contribution >= 4 is 17.5 Å². The van der Waals surface area contributed by atoms with E-state index < -0.39 is 0 Å². The monoisotopic (exact) mass is 377 g/mol. The van der Waals surface area contributed by atoms with E-state index in [1.807, 2.05) is 19.1 Å². The number of anilines is 3. The lowest BCUT2D eigenvalue weighted by Crippen LogP contribution is -2.44. The number of aromatic amines is 1. The summed E-state index contributed by atoms with van der Waals surface area (Å²) in [5.74, 6) is 3.21. The Balaban J connectivity index is 1.75. The van der Waals surface area contributed by atoms with E-state index in [2.05, 4.69) is 64.4 Å². The summed E-state index contributed by atoms with van der Waals surface area (Å²) in [7, 11) is 2.16. The maximum Gasteiger partial charge on any atom is 0.164 e. The van der Waals surface area contributed by atoms with Crippen LogP contribution >= 0.6 is 0 Å². The van der Waals surface area contributed by atoms with E-state index in [1.54, 1.807) is 0 Å². The molecule has 0 amide bonds. The molecule has 28 heavy (non-hydrogen) atoms. The number of hydrogen-bond donors (Lipinski definition) is 2. The van der Waals surface area contributed by atoms with E-state index in [4.69, 9.17) is 9.97 Å². The Kier molecular flexibility index (Phi) is 5.00. The average molecular weight is 377 g/mol. The molecule has 2 N–H and O–H groups in total. The lowest BCUT2D eigenvalue weighted by Gasteiger charge is -2.33. The van der Waals surface area contributed by atoms with Crippen LogP contribution in [0.1, 0.15) is 16.8 Å². The van der Waals surface area contributed by atoms with Crippen molar-refractivity contribution in [3.8, 4) is 11.4 Å². The third-order valence-electron chi connectivity index (χ3n) is 5.35. The molecule has 146 valence electrons. The van der Waals surface area contributed by atoms with Gasteiger partial charge in [-0.3, -0.25) is 5.10 Å². The van der Waals surface area contributed by atoms with E-state index in [9.17, 15) is 0 Å². The molecule has 4 rings (SSSR count). The van der Waals surface area contributed by atoms with E-state index in [0.29, 0.717) is 0 Å². The molecule has 0 bridgehead atoms. The van der Waals surface area contributed by atoms with Crippen molar-refractivity contribution in [1.29, 1.82) is 0 Å². The first-order valence-corrected chi connectivity index (χ1v) is 9.68. The predicted octanol–water partition coefficient (Wildman–Crippen LogP) is 3.29. The van der Waals surface area contributed by atoms with Crippen LogP contribution in [0.5, 0.6) is 0 Å². The molecule has 0 atom stereocenters. The van der Waals surface area contributed by atoms with Crippen LogP contribution in [0, 0.1) is 20.8 Å². The Bertz CT molecular complexity index is 971. The maximum atomic E-state index is 4.93. The number of piperazine rings is 1. The average Bonchev–Trinajstić information content (AvgIpc) is 3.09. The van der Waals surface area contributed by atoms with Crippen LogP contribution in [-0.4, -0.2) is 58.3 Å². The first kappa shape index (κ1) is 18.4. The fraction of sp³-hybridized carbons (Fsp3) is 0.381. The predicted molar refractivity (Wildman–Crippen MR) is 113 cm³/mol. The Morgan fingerprint density at radius 3 is 2.46 bits per heavy atom. The third-order valence-corrected chi connectivity index (χ3v) is 5.35. The van der Waals surface area contributed by atoms with Crippen molar-refractivity contribution in [3.05, 3.63) is 47.2 Å². The number of nitrogens with zero attached hydrogens (tertiary/aromatic N) is 5. The first-order valence-electron chi connectivity index (χ1n) is 9.68. The van der Waals surface area contributed by atoms with Crippen LogP contribution in [0.3, 0.4) is 0 Å². The number of rotatable bonds is 4. The van der Waals surface area contributed by atoms with Crippen molar-refractivity contribution in [2.24, 2.45) is 0 Å². The fourth-order valence-corrected chi connectivity index (χ4v) is 3.42. The quantitative estimate of drug-likeness (QED) is 0.727. The van der Waals surface area contributed by atoms with Gasteiger partial charge in [-0.15, -0.1) is 0 Å². The fourth-order valence-electron chi connectivity index (χ4n) is 3.42. The highest BCUT2D eigenvalue weighted by molar-refractivity contribution is 5.67. The van der Waals surface area contributed by atoms with Gasteiger partial charge in [0.15, 0.2) is 11.6 Å². The zero-order chi connectivity index (χ0) is 19.7. The largest absolute Gasteiger partial charge is 0.354 e. The van der Waals surface area contributed by atoms with Crippen molar-refractivity contribution < 1.29 is 0 Å². The Labute approximate surface area is 165 Å². The summed E-state index contributed by atoms with van der Waals surface area (Å²) < 4.78 is 0. The molecule has 0 unspecified atom stereocenters. The lowest BCUT2D eigenvalue weighted by molar-refractivity contribution is 0.312. The molecule has 2 aromatic heterocycles. The van der Waals surface area contributed by atoms with Gasteiger partial charge in [-0.25, -0.2) is 9.97 Å². The minimum Gasteiger partial charge on any atom is -0.354 e. The Morgan fingerprint density at radius 1 is 0.964 bits per heavy atom. The van der Waals surface area contributed by atoms with E-state index in [-0.39, 0.29) is 0 Å². The number of H-pyrrole nitrogens is 1. The van der Waals surface area contributed by atoms with Crippen LogP contribution in [0.25, 0.3) is 11.4 Å². The highest BCUT2D eigenvalue weighted by Gasteiger charge is 2.18. The van der Waals surface area contributed by atoms with Gasteiger partial charge in [-0.2, -0.15) is 5.10 Å². The van der Waals surface area contributed by atoms with Crippen molar-refractivity contribution in [1.82, 2.24) is 25.1 Å². The summed E-state index contributed by atoms with van der Waals surface area (Å²) >= 11 is 0. The van der Waals surface area contributed by atoms with E-state index in [1.165, 1.54) is 11.1 Å². The molecular formula is C21H27N7. The third kappa shape index (κ3) is 3.84. The topological polar surface area (TPSA) is 73.0 Å². The van der Waals surface area contributed by atoms with Gasteiger partial charge in [0.1, 0.15) is 11.6 Å². The molecule has 1 saturated heterocycles. The normalized spacial score (nSPS) is 15.1. The smallest absolute Gasteiger partial charge is 0.164 e. The number of benzene rings is 1. The Hall–Kier alpha value is -2.93. The molecule has 7 heteroatoms. The molecule has 0 saturated carbocycles. The summed E-state index contributed by atoms with van der Waals surface area (Å²) in [6, 6.07) is 10.3. The molecule has 1 aliphatic heterocycles. The van der Waals surface area contributed by atoms with Gasteiger partial charge in [0.25, 0.3) is 0 Å². The zero-order valence-electron chi connectivity index (χ0n) is 17.0. The van der Waals surface area contributed by atoms with Crippen LogP contribution in [0.15, 0.2) is 30.3 Å². The van der Waals surface area contributed by atoms with Crippen LogP contribution in [0.4, 0.5) is 17.5 Å². The number of aryl methyl sites for hydroxylation is 2. The number of aromatic nitrogens is 4. The SMILES string of the molecule is Cc1cc(Nc2cc(N3CCN(C)CC3)nc(-c3cccc(C)c3C)n2)n[nH]1. The summed E-state index contributed by atoms with van der Waals surface area (Å²) in [4.78, 5) is 14.4. The van der Waals surface area contributed by atoms with Crippen LogP contribution in [0.2, 0.25) is 0 Å².